The van der Waals surface area contributed by atoms with Gasteiger partial charge in [0.15, 0.2) is 0 Å². The van der Waals surface area contributed by atoms with Crippen molar-refractivity contribution >= 4 is 23.4 Å². The summed E-state index contributed by atoms with van der Waals surface area (Å²) in [4.78, 5) is 0. The normalized spacial score (nSPS) is 15.4. The van der Waals surface area contributed by atoms with Gasteiger partial charge < -0.3 is 0 Å². The van der Waals surface area contributed by atoms with Crippen LogP contribution in [0.15, 0.2) is 48.5 Å². The van der Waals surface area contributed by atoms with E-state index in [1.165, 1.54) is 0 Å². The second-order valence-corrected chi connectivity index (χ2v) is 11.5. The minimum absolute atomic E-state index is 0.0977. The van der Waals surface area contributed by atoms with E-state index in [0.29, 0.717) is 23.2 Å². The monoisotopic (exact) mass is 678 g/mol. The number of hydrogen-bond donors (Lipinski definition) is 0. The van der Waals surface area contributed by atoms with Gasteiger partial charge in [-0.2, -0.15) is 68.8 Å². The van der Waals surface area contributed by atoms with Crippen LogP contribution in [0.25, 0.3) is 0 Å². The third-order valence-corrected chi connectivity index (χ3v) is 8.45. The van der Waals surface area contributed by atoms with E-state index in [9.17, 15) is 57.1 Å². The minimum atomic E-state index is -7.87. The molecule has 0 aliphatic heterocycles. The van der Waals surface area contributed by atoms with Crippen LogP contribution in [0.5, 0.6) is 0 Å². The Balaban J connectivity index is 2.00. The van der Waals surface area contributed by atoms with Crippen molar-refractivity contribution in [3.63, 3.8) is 0 Å². The van der Waals surface area contributed by atoms with Gasteiger partial charge in [0.25, 0.3) is 0 Å². The number of benzene rings is 2. The molecule has 43 heavy (non-hydrogen) atoms. The molecule has 0 aliphatic rings. The van der Waals surface area contributed by atoms with Crippen LogP contribution in [0.2, 0.25) is 0 Å². The average molecular weight is 679 g/mol. The molecular formula is C28H28ClF13S. The van der Waals surface area contributed by atoms with Gasteiger partial charge in [0, 0.05) is 18.1 Å². The quantitative estimate of drug-likeness (QED) is 0.103. The highest BCUT2D eigenvalue weighted by atomic mass is 35.5. The van der Waals surface area contributed by atoms with Gasteiger partial charge in [-0.3, -0.25) is 0 Å². The zero-order valence-electron chi connectivity index (χ0n) is 22.7. The van der Waals surface area contributed by atoms with Gasteiger partial charge in [-0.15, -0.1) is 11.6 Å². The molecule has 0 N–H and O–H groups in total. The summed E-state index contributed by atoms with van der Waals surface area (Å²) in [5.74, 6) is -37.0. The summed E-state index contributed by atoms with van der Waals surface area (Å²) >= 11 is 6.36. The fourth-order valence-electron chi connectivity index (χ4n) is 4.27. The molecule has 0 spiro atoms. The molecule has 2 unspecified atom stereocenters. The molecule has 0 aliphatic carbocycles. The van der Waals surface area contributed by atoms with Crippen molar-refractivity contribution in [3.8, 4) is 0 Å². The highest BCUT2D eigenvalue weighted by Gasteiger charge is 2.90. The van der Waals surface area contributed by atoms with Crippen LogP contribution in [0.3, 0.4) is 0 Å². The molecule has 2 atom stereocenters. The van der Waals surface area contributed by atoms with E-state index in [2.05, 4.69) is 6.92 Å². The zero-order chi connectivity index (χ0) is 33.1. The van der Waals surface area contributed by atoms with Crippen molar-refractivity contribution in [1.29, 1.82) is 0 Å². The van der Waals surface area contributed by atoms with Gasteiger partial charge in [0.2, 0.25) is 0 Å². The number of alkyl halides is 14. The maximum absolute atomic E-state index is 14.0. The van der Waals surface area contributed by atoms with E-state index in [-0.39, 0.29) is 17.6 Å². The lowest BCUT2D eigenvalue weighted by atomic mass is 9.84. The van der Waals surface area contributed by atoms with Crippen molar-refractivity contribution in [3.05, 3.63) is 70.8 Å². The van der Waals surface area contributed by atoms with E-state index in [0.717, 1.165) is 29.5 Å². The summed E-state index contributed by atoms with van der Waals surface area (Å²) in [5, 5.41) is 0. The Labute approximate surface area is 249 Å². The first-order valence-corrected chi connectivity index (χ1v) is 14.5. The molecule has 15 heteroatoms. The summed E-state index contributed by atoms with van der Waals surface area (Å²) in [6, 6.07) is 14.7. The van der Waals surface area contributed by atoms with E-state index in [1.54, 1.807) is 24.3 Å². The fraction of sp³-hybridized carbons (Fsp3) is 0.571. The van der Waals surface area contributed by atoms with Crippen LogP contribution in [0, 0.1) is 0 Å². The topological polar surface area (TPSA) is 0 Å². The summed E-state index contributed by atoms with van der Waals surface area (Å²) < 4.78 is 172. The smallest absolute Gasteiger partial charge is 0.200 e. The van der Waals surface area contributed by atoms with Gasteiger partial charge in [0.05, 0.1) is 0 Å². The van der Waals surface area contributed by atoms with Crippen molar-refractivity contribution in [2.45, 2.75) is 92.4 Å². The van der Waals surface area contributed by atoms with Crippen molar-refractivity contribution in [2.24, 2.45) is 0 Å². The summed E-state index contributed by atoms with van der Waals surface area (Å²) in [7, 11) is 0. The predicted molar refractivity (Wildman–Crippen MR) is 140 cm³/mol. The van der Waals surface area contributed by atoms with Gasteiger partial charge >= 0.3 is 35.8 Å². The lowest BCUT2D eigenvalue weighted by Gasteiger charge is -2.39. The van der Waals surface area contributed by atoms with Crippen LogP contribution >= 0.6 is 23.4 Å². The molecule has 2 rings (SSSR count). The van der Waals surface area contributed by atoms with Gasteiger partial charge in [-0.1, -0.05) is 62.4 Å². The van der Waals surface area contributed by atoms with E-state index >= 15 is 0 Å². The van der Waals surface area contributed by atoms with Crippen LogP contribution in [0.4, 0.5) is 57.1 Å². The van der Waals surface area contributed by atoms with Gasteiger partial charge in [-0.05, 0) is 52.7 Å². The van der Waals surface area contributed by atoms with E-state index in [1.807, 2.05) is 31.2 Å². The summed E-state index contributed by atoms with van der Waals surface area (Å²) in [6.07, 6.45) is -7.94. The Morgan fingerprint density at radius 2 is 1.12 bits per heavy atom. The molecular weight excluding hydrogens is 651 g/mol. The number of hydrogen-bond acceptors (Lipinski definition) is 1. The molecule has 0 radical (unpaired) electrons. The number of thioether (sulfide) groups is 1. The van der Waals surface area contributed by atoms with Gasteiger partial charge in [0.1, 0.15) is 0 Å². The molecule has 0 bridgehead atoms. The number of rotatable bonds is 15. The molecule has 0 fully saturated rings. The molecule has 0 saturated carbocycles. The molecule has 2 aromatic rings. The highest BCUT2D eigenvalue weighted by Crippen LogP contribution is 2.60. The fourth-order valence-corrected chi connectivity index (χ4v) is 5.42. The summed E-state index contributed by atoms with van der Waals surface area (Å²) in [6.45, 7) is 4.06. The lowest BCUT2D eigenvalue weighted by molar-refractivity contribution is -0.439. The first-order valence-electron chi connectivity index (χ1n) is 12.8. The Morgan fingerprint density at radius 3 is 1.58 bits per heavy atom. The van der Waals surface area contributed by atoms with Crippen molar-refractivity contribution < 1.29 is 57.1 Å². The summed E-state index contributed by atoms with van der Waals surface area (Å²) in [5.41, 5.74) is 3.59. The largest absolute Gasteiger partial charge is 0.460 e. The van der Waals surface area contributed by atoms with Crippen molar-refractivity contribution in [1.82, 2.24) is 0 Å². The second-order valence-electron chi connectivity index (χ2n) is 10.2. The lowest BCUT2D eigenvalue weighted by Crippen LogP contribution is -2.70. The highest BCUT2D eigenvalue weighted by molar-refractivity contribution is 7.98. The van der Waals surface area contributed by atoms with Crippen LogP contribution in [0.1, 0.15) is 67.2 Å². The van der Waals surface area contributed by atoms with Crippen molar-refractivity contribution in [2.75, 3.05) is 5.75 Å². The van der Waals surface area contributed by atoms with E-state index in [4.69, 9.17) is 11.6 Å². The Morgan fingerprint density at radius 1 is 0.651 bits per heavy atom. The van der Waals surface area contributed by atoms with Gasteiger partial charge in [-0.25, -0.2) is 0 Å². The predicted octanol–water partition coefficient (Wildman–Crippen LogP) is 11.5. The molecule has 0 saturated heterocycles. The maximum Gasteiger partial charge on any atom is 0.460 e. The van der Waals surface area contributed by atoms with Crippen LogP contribution in [-0.2, 0) is 11.6 Å². The van der Waals surface area contributed by atoms with E-state index < -0.39 is 48.0 Å². The first-order chi connectivity index (χ1) is 19.6. The second kappa shape index (κ2) is 13.7. The first kappa shape index (κ1) is 37.4. The number of halogens is 14. The molecule has 244 valence electrons. The maximum atomic E-state index is 14.0. The molecule has 0 nitrogen and oxygen atoms in total. The molecule has 0 amide bonds. The zero-order valence-corrected chi connectivity index (χ0v) is 24.3. The molecule has 0 heterocycles. The molecule has 2 aromatic carbocycles. The Kier molecular flexibility index (Phi) is 11.9. The average Bonchev–Trinajstić information content (AvgIpc) is 2.93. The Bertz CT molecular complexity index is 1160. The minimum Gasteiger partial charge on any atom is -0.200 e. The third kappa shape index (κ3) is 7.70. The van der Waals surface area contributed by atoms with Crippen LogP contribution in [-0.4, -0.2) is 41.5 Å². The molecule has 0 aromatic heterocycles. The Hall–Kier alpha value is -1.83. The third-order valence-electron chi connectivity index (χ3n) is 7.11. The van der Waals surface area contributed by atoms with Crippen LogP contribution < -0.4 is 0 Å². The standard InChI is InChI=1S/C28H28ClF13S/c1-3-20(22-10-4-18(15-29)5-11-22)14-17(2)21-8-6-19(7-9-21)16-43-13-12-23(30,31)24(32,33)25(34,35)26(36,37)27(38,39)28(40,41)42/h4-11,17,20H,3,12-16H2,1-2H3. The SMILES string of the molecule is CCC(CC(C)c1ccc(CSCCC(F)(F)C(F)(F)C(F)(F)C(F)(F)C(F)(F)C(F)(F)F)cc1)c1ccc(CCl)cc1.